The zero-order valence-corrected chi connectivity index (χ0v) is 10.6. The van der Waals surface area contributed by atoms with E-state index in [0.29, 0.717) is 18.5 Å². The first kappa shape index (κ1) is 13.8. The number of nitrogens with zero attached hydrogens (tertiary/aromatic N) is 2. The zero-order valence-electron chi connectivity index (χ0n) is 10.6. The van der Waals surface area contributed by atoms with Crippen LogP contribution in [0.15, 0.2) is 18.2 Å². The fourth-order valence-electron chi connectivity index (χ4n) is 2.23. The van der Waals surface area contributed by atoms with Gasteiger partial charge in [-0.05, 0) is 18.9 Å². The van der Waals surface area contributed by atoms with Gasteiger partial charge >= 0.3 is 5.97 Å². The monoisotopic (exact) mass is 275 g/mol. The second-order valence-corrected chi connectivity index (χ2v) is 4.89. The van der Waals surface area contributed by atoms with Gasteiger partial charge in [0.1, 0.15) is 6.07 Å². The summed E-state index contributed by atoms with van der Waals surface area (Å²) < 4.78 is 0. The first-order valence-corrected chi connectivity index (χ1v) is 6.14. The lowest BCUT2D eigenvalue weighted by Crippen LogP contribution is -2.43. The van der Waals surface area contributed by atoms with Gasteiger partial charge in [-0.15, -0.1) is 0 Å². The Hall–Kier alpha value is -2.62. The molecule has 0 amide bonds. The number of carboxylic acids is 1. The van der Waals surface area contributed by atoms with E-state index in [4.69, 9.17) is 5.26 Å². The number of carboxylic acid groups (broad SMARTS) is 1. The Morgan fingerprint density at radius 1 is 1.55 bits per heavy atom. The first-order valence-electron chi connectivity index (χ1n) is 6.14. The Morgan fingerprint density at radius 2 is 2.25 bits per heavy atom. The molecule has 1 aromatic rings. The lowest BCUT2D eigenvalue weighted by molar-refractivity contribution is -0.384. The van der Waals surface area contributed by atoms with E-state index in [-0.39, 0.29) is 17.8 Å². The molecular weight excluding hydrogens is 262 g/mol. The van der Waals surface area contributed by atoms with Crippen LogP contribution in [0.3, 0.4) is 0 Å². The number of benzene rings is 1. The van der Waals surface area contributed by atoms with Crippen LogP contribution in [0.1, 0.15) is 24.8 Å². The summed E-state index contributed by atoms with van der Waals surface area (Å²) in [6.07, 6.45) is 2.08. The van der Waals surface area contributed by atoms with Crippen LogP contribution in [0.4, 0.5) is 11.4 Å². The highest BCUT2D eigenvalue weighted by molar-refractivity contribution is 5.77. The highest BCUT2D eigenvalue weighted by Gasteiger charge is 2.44. The predicted octanol–water partition coefficient (Wildman–Crippen LogP) is 2.13. The van der Waals surface area contributed by atoms with Gasteiger partial charge in [0.25, 0.3) is 5.69 Å². The van der Waals surface area contributed by atoms with Crippen LogP contribution in [0.2, 0.25) is 0 Å². The number of nitrogens with one attached hydrogen (secondary N) is 1. The van der Waals surface area contributed by atoms with E-state index in [9.17, 15) is 20.0 Å². The number of nitro groups is 1. The molecule has 1 aromatic carbocycles. The number of non-ortho nitro benzene ring substituents is 1. The second-order valence-electron chi connectivity index (χ2n) is 4.89. The molecule has 20 heavy (non-hydrogen) atoms. The van der Waals surface area contributed by atoms with Crippen molar-refractivity contribution in [1.82, 2.24) is 0 Å². The average Bonchev–Trinajstić information content (AvgIpc) is 2.36. The third kappa shape index (κ3) is 2.40. The van der Waals surface area contributed by atoms with E-state index in [2.05, 4.69) is 5.32 Å². The number of nitro benzene ring substituents is 1. The molecule has 0 atom stereocenters. The summed E-state index contributed by atoms with van der Waals surface area (Å²) in [6.45, 7) is 0.217. The minimum absolute atomic E-state index is 0.138. The molecule has 0 aromatic heterocycles. The van der Waals surface area contributed by atoms with E-state index in [1.807, 2.05) is 6.07 Å². The summed E-state index contributed by atoms with van der Waals surface area (Å²) in [5.74, 6) is -0.850. The molecule has 1 aliphatic carbocycles. The predicted molar refractivity (Wildman–Crippen MR) is 70.2 cm³/mol. The summed E-state index contributed by atoms with van der Waals surface area (Å²) in [5.41, 5.74) is -0.387. The maximum absolute atomic E-state index is 11.2. The van der Waals surface area contributed by atoms with Crippen LogP contribution in [0.25, 0.3) is 0 Å². The normalized spacial score (nSPS) is 15.8. The van der Waals surface area contributed by atoms with Crippen molar-refractivity contribution in [3.05, 3.63) is 33.9 Å². The molecule has 1 fully saturated rings. The smallest absolute Gasteiger partial charge is 0.311 e. The van der Waals surface area contributed by atoms with Gasteiger partial charge in [0.2, 0.25) is 0 Å². The van der Waals surface area contributed by atoms with E-state index >= 15 is 0 Å². The summed E-state index contributed by atoms with van der Waals surface area (Å²) in [4.78, 5) is 21.3. The molecule has 0 aliphatic heterocycles. The van der Waals surface area contributed by atoms with E-state index < -0.39 is 16.3 Å². The molecule has 2 rings (SSSR count). The maximum atomic E-state index is 11.2. The lowest BCUT2D eigenvalue weighted by atomic mass is 9.69. The molecule has 1 aliphatic rings. The van der Waals surface area contributed by atoms with Crippen molar-refractivity contribution in [3.63, 3.8) is 0 Å². The third-order valence-electron chi connectivity index (χ3n) is 3.72. The van der Waals surface area contributed by atoms with Crippen molar-refractivity contribution >= 4 is 17.3 Å². The number of carbonyl (C=O) groups is 1. The van der Waals surface area contributed by atoms with Crippen molar-refractivity contribution in [2.24, 2.45) is 5.41 Å². The SMILES string of the molecule is N#Cc1cc([N+](=O)[O-])ccc1NCC1(C(=O)O)CCC1. The molecule has 0 spiro atoms. The van der Waals surface area contributed by atoms with Crippen molar-refractivity contribution in [2.75, 3.05) is 11.9 Å². The Labute approximate surface area is 115 Å². The molecule has 0 unspecified atom stereocenters. The molecular formula is C13H13N3O4. The summed E-state index contributed by atoms with van der Waals surface area (Å²) in [5, 5.41) is 31.8. The van der Waals surface area contributed by atoms with E-state index in [1.165, 1.54) is 18.2 Å². The van der Waals surface area contributed by atoms with Gasteiger partial charge in [0.15, 0.2) is 0 Å². The summed E-state index contributed by atoms with van der Waals surface area (Å²) in [6, 6.07) is 5.78. The number of hydrogen-bond acceptors (Lipinski definition) is 5. The van der Waals surface area contributed by atoms with Gasteiger partial charge in [-0.25, -0.2) is 0 Å². The number of rotatable bonds is 5. The minimum atomic E-state index is -0.850. The standard InChI is InChI=1S/C13H13N3O4/c14-7-9-6-10(16(19)20)2-3-11(9)15-8-13(12(17)18)4-1-5-13/h2-3,6,15H,1,4-5,8H2,(H,17,18). The molecule has 1 saturated carbocycles. The molecule has 0 bridgehead atoms. The van der Waals surface area contributed by atoms with Crippen molar-refractivity contribution in [3.8, 4) is 6.07 Å². The van der Waals surface area contributed by atoms with Gasteiger partial charge < -0.3 is 10.4 Å². The van der Waals surface area contributed by atoms with Crippen LogP contribution in [0.5, 0.6) is 0 Å². The lowest BCUT2D eigenvalue weighted by Gasteiger charge is -2.37. The minimum Gasteiger partial charge on any atom is -0.481 e. The summed E-state index contributed by atoms with van der Waals surface area (Å²) in [7, 11) is 0. The number of nitriles is 1. The van der Waals surface area contributed by atoms with Gasteiger partial charge in [-0.1, -0.05) is 6.42 Å². The van der Waals surface area contributed by atoms with Crippen LogP contribution < -0.4 is 5.32 Å². The van der Waals surface area contributed by atoms with Gasteiger partial charge in [0, 0.05) is 18.7 Å². The Kier molecular flexibility index (Phi) is 3.57. The molecule has 0 heterocycles. The molecule has 2 N–H and O–H groups in total. The van der Waals surface area contributed by atoms with Crippen LogP contribution >= 0.6 is 0 Å². The van der Waals surface area contributed by atoms with Gasteiger partial charge in [-0.3, -0.25) is 14.9 Å². The van der Waals surface area contributed by atoms with Crippen molar-refractivity contribution in [1.29, 1.82) is 5.26 Å². The largest absolute Gasteiger partial charge is 0.481 e. The first-order chi connectivity index (χ1) is 9.48. The molecule has 0 saturated heterocycles. The van der Waals surface area contributed by atoms with Gasteiger partial charge in [-0.2, -0.15) is 5.26 Å². The second kappa shape index (κ2) is 5.17. The Bertz CT molecular complexity index is 602. The van der Waals surface area contributed by atoms with Crippen LogP contribution in [-0.4, -0.2) is 22.5 Å². The highest BCUT2D eigenvalue weighted by Crippen LogP contribution is 2.41. The topological polar surface area (TPSA) is 116 Å². The Balaban J connectivity index is 2.16. The fraction of sp³-hybridized carbons (Fsp3) is 0.385. The summed E-state index contributed by atoms with van der Waals surface area (Å²) >= 11 is 0. The fourth-order valence-corrected chi connectivity index (χ4v) is 2.23. The maximum Gasteiger partial charge on any atom is 0.311 e. The highest BCUT2D eigenvalue weighted by atomic mass is 16.6. The van der Waals surface area contributed by atoms with Crippen LogP contribution in [-0.2, 0) is 4.79 Å². The van der Waals surface area contributed by atoms with E-state index in [1.54, 1.807) is 0 Å². The van der Waals surface area contributed by atoms with Crippen molar-refractivity contribution in [2.45, 2.75) is 19.3 Å². The number of hydrogen-bond donors (Lipinski definition) is 2. The molecule has 0 radical (unpaired) electrons. The zero-order chi connectivity index (χ0) is 14.8. The van der Waals surface area contributed by atoms with Crippen LogP contribution in [0, 0.1) is 26.9 Å². The number of aliphatic carboxylic acids is 1. The molecule has 104 valence electrons. The third-order valence-corrected chi connectivity index (χ3v) is 3.72. The van der Waals surface area contributed by atoms with Crippen molar-refractivity contribution < 1.29 is 14.8 Å². The molecule has 7 heteroatoms. The average molecular weight is 275 g/mol. The van der Waals surface area contributed by atoms with Gasteiger partial charge in [0.05, 0.1) is 21.6 Å². The Morgan fingerprint density at radius 3 is 2.70 bits per heavy atom. The molecule has 7 nitrogen and oxygen atoms in total. The quantitative estimate of drug-likeness (QED) is 0.628. The van der Waals surface area contributed by atoms with E-state index in [0.717, 1.165) is 6.42 Å². The number of anilines is 1.